The summed E-state index contributed by atoms with van der Waals surface area (Å²) in [5.74, 6) is 1.07. The fourth-order valence-corrected chi connectivity index (χ4v) is 3.30. The molecule has 0 spiro atoms. The molecule has 0 amide bonds. The van der Waals surface area contributed by atoms with Crippen molar-refractivity contribution in [3.8, 4) is 0 Å². The third kappa shape index (κ3) is 2.15. The monoisotopic (exact) mass is 211 g/mol. The molecular weight excluding hydrogens is 194 g/mol. The summed E-state index contributed by atoms with van der Waals surface area (Å²) in [5, 5.41) is 4.88. The first kappa shape index (κ1) is 10.1. The van der Waals surface area contributed by atoms with Crippen molar-refractivity contribution in [2.24, 2.45) is 0 Å². The molecule has 78 valence electrons. The summed E-state index contributed by atoms with van der Waals surface area (Å²) in [6.45, 7) is 5.66. The lowest BCUT2D eigenvalue weighted by atomic mass is 10.1. The molecule has 14 heavy (non-hydrogen) atoms. The van der Waals surface area contributed by atoms with Gasteiger partial charge in [-0.25, -0.2) is 0 Å². The van der Waals surface area contributed by atoms with Crippen molar-refractivity contribution in [2.45, 2.75) is 36.8 Å². The molecule has 1 aliphatic heterocycles. The lowest BCUT2D eigenvalue weighted by molar-refractivity contribution is 0.414. The molecule has 0 saturated carbocycles. The molecule has 2 nitrogen and oxygen atoms in total. The molecule has 0 bridgehead atoms. The predicted molar refractivity (Wildman–Crippen MR) is 60.6 cm³/mol. The molecule has 1 fully saturated rings. The van der Waals surface area contributed by atoms with E-state index in [1.54, 1.807) is 6.26 Å². The third-order valence-corrected chi connectivity index (χ3v) is 4.08. The van der Waals surface area contributed by atoms with Crippen molar-refractivity contribution >= 4 is 11.8 Å². The van der Waals surface area contributed by atoms with Crippen LogP contribution in [-0.2, 0) is 0 Å². The van der Waals surface area contributed by atoms with Crippen LogP contribution in [0.15, 0.2) is 22.8 Å². The van der Waals surface area contributed by atoms with Gasteiger partial charge in [0.25, 0.3) is 0 Å². The molecule has 1 aromatic rings. The Morgan fingerprint density at radius 2 is 2.36 bits per heavy atom. The van der Waals surface area contributed by atoms with E-state index in [9.17, 15) is 0 Å². The van der Waals surface area contributed by atoms with Crippen LogP contribution in [0, 0.1) is 0 Å². The Balaban J connectivity index is 2.11. The van der Waals surface area contributed by atoms with Gasteiger partial charge in [-0.3, -0.25) is 0 Å². The van der Waals surface area contributed by atoms with Crippen LogP contribution >= 0.6 is 11.8 Å². The Morgan fingerprint density at radius 3 is 3.07 bits per heavy atom. The Morgan fingerprint density at radius 1 is 1.50 bits per heavy atom. The molecule has 1 aliphatic rings. The van der Waals surface area contributed by atoms with Crippen LogP contribution in [0.2, 0.25) is 0 Å². The summed E-state index contributed by atoms with van der Waals surface area (Å²) in [4.78, 5) is 0. The Labute approximate surface area is 89.4 Å². The minimum Gasteiger partial charge on any atom is -0.468 e. The van der Waals surface area contributed by atoms with Crippen molar-refractivity contribution < 1.29 is 4.42 Å². The summed E-state index contributed by atoms with van der Waals surface area (Å²) in [5.41, 5.74) is 0. The Kier molecular flexibility index (Phi) is 3.19. The zero-order valence-corrected chi connectivity index (χ0v) is 9.51. The maximum Gasteiger partial charge on any atom is 0.121 e. The van der Waals surface area contributed by atoms with Gasteiger partial charge in [0.2, 0.25) is 0 Å². The van der Waals surface area contributed by atoms with E-state index >= 15 is 0 Å². The number of thioether (sulfide) groups is 1. The van der Waals surface area contributed by atoms with Crippen LogP contribution in [0.3, 0.4) is 0 Å². The predicted octanol–water partition coefficient (Wildman–Crippen LogP) is 2.82. The lowest BCUT2D eigenvalue weighted by Gasteiger charge is -2.20. The van der Waals surface area contributed by atoms with Gasteiger partial charge in [0.15, 0.2) is 0 Å². The summed E-state index contributed by atoms with van der Waals surface area (Å²) >= 11 is 2.05. The van der Waals surface area contributed by atoms with Crippen molar-refractivity contribution in [3.05, 3.63) is 24.2 Å². The van der Waals surface area contributed by atoms with Gasteiger partial charge in [-0.2, -0.15) is 11.8 Å². The Bertz CT molecular complexity index is 273. The average molecular weight is 211 g/mol. The topological polar surface area (TPSA) is 25.2 Å². The van der Waals surface area contributed by atoms with Gasteiger partial charge < -0.3 is 9.73 Å². The molecule has 0 aliphatic carbocycles. The quantitative estimate of drug-likeness (QED) is 0.773. The number of hydrogen-bond donors (Lipinski definition) is 1. The van der Waals surface area contributed by atoms with E-state index in [1.807, 2.05) is 17.8 Å². The first-order valence-corrected chi connectivity index (χ1v) is 6.14. The summed E-state index contributed by atoms with van der Waals surface area (Å²) in [6, 6.07) is 4.40. The molecule has 1 N–H and O–H groups in total. The molecule has 3 atom stereocenters. The minimum atomic E-state index is 0.375. The van der Waals surface area contributed by atoms with Gasteiger partial charge in [-0.15, -0.1) is 0 Å². The largest absolute Gasteiger partial charge is 0.468 e. The summed E-state index contributed by atoms with van der Waals surface area (Å²) < 4.78 is 5.46. The van der Waals surface area contributed by atoms with Gasteiger partial charge in [0.05, 0.1) is 12.3 Å². The Hall–Kier alpha value is -0.410. The van der Waals surface area contributed by atoms with Crippen molar-refractivity contribution in [3.63, 3.8) is 0 Å². The smallest absolute Gasteiger partial charge is 0.121 e. The zero-order valence-electron chi connectivity index (χ0n) is 8.69. The van der Waals surface area contributed by atoms with E-state index in [0.717, 1.165) is 17.6 Å². The fraction of sp³-hybridized carbons (Fsp3) is 0.636. The molecule has 2 rings (SSSR count). The third-order valence-electron chi connectivity index (χ3n) is 2.68. The normalized spacial score (nSPS) is 34.0. The second-order valence-electron chi connectivity index (χ2n) is 3.89. The first-order valence-electron chi connectivity index (χ1n) is 5.19. The van der Waals surface area contributed by atoms with Crippen LogP contribution < -0.4 is 5.32 Å². The maximum atomic E-state index is 5.46. The van der Waals surface area contributed by atoms with Crippen LogP contribution in [0.1, 0.15) is 32.1 Å². The number of hydrogen-bond acceptors (Lipinski definition) is 3. The summed E-state index contributed by atoms with van der Waals surface area (Å²) in [7, 11) is 0. The van der Waals surface area contributed by atoms with Gasteiger partial charge in [-0.1, -0.05) is 13.8 Å². The molecule has 0 radical (unpaired) electrons. The van der Waals surface area contributed by atoms with Crippen LogP contribution in [-0.4, -0.2) is 17.0 Å². The fourth-order valence-electron chi connectivity index (χ4n) is 1.92. The van der Waals surface area contributed by atoms with E-state index in [1.165, 1.54) is 6.42 Å². The molecule has 2 heterocycles. The highest BCUT2D eigenvalue weighted by molar-refractivity contribution is 8.00. The van der Waals surface area contributed by atoms with Gasteiger partial charge in [0, 0.05) is 10.5 Å². The number of nitrogens with one attached hydrogen (secondary N) is 1. The van der Waals surface area contributed by atoms with E-state index < -0.39 is 0 Å². The molecule has 1 saturated heterocycles. The van der Waals surface area contributed by atoms with Gasteiger partial charge in [-0.05, 0) is 25.1 Å². The highest BCUT2D eigenvalue weighted by Crippen LogP contribution is 2.32. The average Bonchev–Trinajstić information content (AvgIpc) is 2.59. The van der Waals surface area contributed by atoms with Crippen LogP contribution in [0.5, 0.6) is 0 Å². The van der Waals surface area contributed by atoms with Gasteiger partial charge in [0.1, 0.15) is 5.76 Å². The molecular formula is C11H17NOS. The molecule has 3 unspecified atom stereocenters. The van der Waals surface area contributed by atoms with E-state index in [2.05, 4.69) is 25.2 Å². The van der Waals surface area contributed by atoms with Crippen molar-refractivity contribution in [1.82, 2.24) is 5.32 Å². The van der Waals surface area contributed by atoms with Gasteiger partial charge >= 0.3 is 0 Å². The molecule has 1 aromatic heterocycles. The van der Waals surface area contributed by atoms with E-state index in [4.69, 9.17) is 4.42 Å². The number of furan rings is 1. The molecule has 3 heteroatoms. The summed E-state index contributed by atoms with van der Waals surface area (Å²) in [6.07, 6.45) is 2.99. The lowest BCUT2D eigenvalue weighted by Crippen LogP contribution is -2.26. The molecule has 0 aromatic carbocycles. The van der Waals surface area contributed by atoms with Crippen molar-refractivity contribution in [2.75, 3.05) is 6.54 Å². The maximum absolute atomic E-state index is 5.46. The first-order chi connectivity index (χ1) is 6.77. The van der Waals surface area contributed by atoms with Crippen molar-refractivity contribution in [1.29, 1.82) is 0 Å². The number of rotatable bonds is 1. The highest BCUT2D eigenvalue weighted by Gasteiger charge is 2.26. The van der Waals surface area contributed by atoms with Crippen LogP contribution in [0.25, 0.3) is 0 Å². The second kappa shape index (κ2) is 4.41. The highest BCUT2D eigenvalue weighted by atomic mass is 32.2. The van der Waals surface area contributed by atoms with E-state index in [-0.39, 0.29) is 0 Å². The van der Waals surface area contributed by atoms with E-state index in [0.29, 0.717) is 11.3 Å². The van der Waals surface area contributed by atoms with Crippen LogP contribution in [0.4, 0.5) is 0 Å². The zero-order chi connectivity index (χ0) is 9.97. The SMILES string of the molecule is CC1CCNC(c2ccco2)C(C)S1. The standard InChI is InChI=1S/C11H17NOS/c1-8-5-6-12-11(9(2)14-8)10-4-3-7-13-10/h3-4,7-9,11-12H,5-6H2,1-2H3. The minimum absolute atomic E-state index is 0.375. The second-order valence-corrected chi connectivity index (χ2v) is 5.71.